The first kappa shape index (κ1) is 25.0. The van der Waals surface area contributed by atoms with Crippen LogP contribution in [0.25, 0.3) is 0 Å². The van der Waals surface area contributed by atoms with Crippen LogP contribution in [0.3, 0.4) is 0 Å². The molecular formula is C25H37N3O5. The van der Waals surface area contributed by atoms with Gasteiger partial charge in [-0.15, -0.1) is 0 Å². The SMILES string of the molecule is CCC(=O)Nc1ccc2c(c1)OC[C@H](C)N(C(=O)CC1CC1)C[C@H](C)[C@H](OC)CN(C)C2=O. The van der Waals surface area contributed by atoms with Gasteiger partial charge in [-0.2, -0.15) is 0 Å². The Kier molecular flexibility index (Phi) is 8.35. The minimum atomic E-state index is -0.214. The Morgan fingerprint density at radius 2 is 1.94 bits per heavy atom. The zero-order chi connectivity index (χ0) is 24.1. The highest BCUT2D eigenvalue weighted by Gasteiger charge is 2.33. The predicted molar refractivity (Wildman–Crippen MR) is 126 cm³/mol. The minimum absolute atomic E-state index is 0.0429. The molecule has 3 atom stereocenters. The van der Waals surface area contributed by atoms with E-state index in [1.165, 1.54) is 0 Å². The minimum Gasteiger partial charge on any atom is -0.491 e. The van der Waals surface area contributed by atoms with Gasteiger partial charge in [-0.3, -0.25) is 14.4 Å². The van der Waals surface area contributed by atoms with Crippen LogP contribution in [0.4, 0.5) is 5.69 Å². The lowest BCUT2D eigenvalue weighted by atomic mass is 10.0. The van der Waals surface area contributed by atoms with Crippen molar-refractivity contribution in [2.75, 3.05) is 39.2 Å². The molecular weight excluding hydrogens is 422 g/mol. The second-order valence-corrected chi connectivity index (χ2v) is 9.40. The second kappa shape index (κ2) is 11.0. The molecule has 33 heavy (non-hydrogen) atoms. The van der Waals surface area contributed by atoms with Gasteiger partial charge < -0.3 is 24.6 Å². The molecule has 1 fully saturated rings. The number of amides is 3. The van der Waals surface area contributed by atoms with E-state index in [4.69, 9.17) is 9.47 Å². The third-order valence-electron chi connectivity index (χ3n) is 6.53. The fraction of sp³-hybridized carbons (Fsp3) is 0.640. The molecule has 1 heterocycles. The quantitative estimate of drug-likeness (QED) is 0.731. The van der Waals surface area contributed by atoms with Gasteiger partial charge in [0.2, 0.25) is 11.8 Å². The van der Waals surface area contributed by atoms with Crippen molar-refractivity contribution in [3.63, 3.8) is 0 Å². The van der Waals surface area contributed by atoms with E-state index in [0.717, 1.165) is 12.8 Å². The number of carbonyl (C=O) groups is 3. The molecule has 3 amide bonds. The number of ether oxygens (including phenoxy) is 2. The third kappa shape index (κ3) is 6.47. The molecule has 0 aromatic heterocycles. The van der Waals surface area contributed by atoms with Crippen molar-refractivity contribution in [1.82, 2.24) is 9.80 Å². The summed E-state index contributed by atoms with van der Waals surface area (Å²) in [6.45, 7) is 6.98. The average molecular weight is 460 g/mol. The number of anilines is 1. The van der Waals surface area contributed by atoms with E-state index in [0.29, 0.717) is 48.8 Å². The Hall–Kier alpha value is -2.61. The maximum Gasteiger partial charge on any atom is 0.257 e. The summed E-state index contributed by atoms with van der Waals surface area (Å²) in [5.74, 6) is 0.776. The smallest absolute Gasteiger partial charge is 0.257 e. The summed E-state index contributed by atoms with van der Waals surface area (Å²) < 4.78 is 11.8. The number of methoxy groups -OCH3 is 1. The van der Waals surface area contributed by atoms with Crippen molar-refractivity contribution in [1.29, 1.82) is 0 Å². The van der Waals surface area contributed by atoms with Gasteiger partial charge in [0.1, 0.15) is 12.4 Å². The fourth-order valence-electron chi connectivity index (χ4n) is 4.13. The fourth-order valence-corrected chi connectivity index (χ4v) is 4.13. The van der Waals surface area contributed by atoms with Gasteiger partial charge in [-0.1, -0.05) is 13.8 Å². The summed E-state index contributed by atoms with van der Waals surface area (Å²) >= 11 is 0. The Morgan fingerprint density at radius 3 is 2.58 bits per heavy atom. The van der Waals surface area contributed by atoms with E-state index in [-0.39, 0.29) is 42.4 Å². The number of rotatable bonds is 5. The van der Waals surface area contributed by atoms with Gasteiger partial charge in [-0.25, -0.2) is 0 Å². The molecule has 1 saturated carbocycles. The number of nitrogens with one attached hydrogen (secondary N) is 1. The predicted octanol–water partition coefficient (Wildman–Crippen LogP) is 3.17. The third-order valence-corrected chi connectivity index (χ3v) is 6.53. The highest BCUT2D eigenvalue weighted by atomic mass is 16.5. The summed E-state index contributed by atoms with van der Waals surface area (Å²) in [5, 5.41) is 2.81. The Balaban J connectivity index is 1.92. The van der Waals surface area contributed by atoms with E-state index in [1.54, 1.807) is 44.2 Å². The van der Waals surface area contributed by atoms with Gasteiger partial charge in [0, 0.05) is 57.8 Å². The first-order valence-corrected chi connectivity index (χ1v) is 11.9. The zero-order valence-corrected chi connectivity index (χ0v) is 20.4. The molecule has 8 heteroatoms. The number of benzene rings is 1. The summed E-state index contributed by atoms with van der Waals surface area (Å²) in [4.78, 5) is 41.7. The second-order valence-electron chi connectivity index (χ2n) is 9.40. The van der Waals surface area contributed by atoms with Crippen molar-refractivity contribution >= 4 is 23.4 Å². The molecule has 3 rings (SSSR count). The Labute approximate surface area is 196 Å². The van der Waals surface area contributed by atoms with Gasteiger partial charge in [0.05, 0.1) is 17.7 Å². The first-order chi connectivity index (χ1) is 15.7. The normalized spacial score (nSPS) is 24.3. The zero-order valence-electron chi connectivity index (χ0n) is 20.4. The van der Waals surface area contributed by atoms with Crippen molar-refractivity contribution in [2.45, 2.75) is 58.6 Å². The highest BCUT2D eigenvalue weighted by Crippen LogP contribution is 2.33. The van der Waals surface area contributed by atoms with E-state index in [9.17, 15) is 14.4 Å². The maximum absolute atomic E-state index is 13.2. The number of fused-ring (bicyclic) bond motifs is 1. The number of carbonyl (C=O) groups excluding carboxylic acids is 3. The summed E-state index contributed by atoms with van der Waals surface area (Å²) in [5.41, 5.74) is 0.985. The molecule has 0 spiro atoms. The maximum atomic E-state index is 13.2. The summed E-state index contributed by atoms with van der Waals surface area (Å²) in [6, 6.07) is 4.89. The van der Waals surface area contributed by atoms with Gasteiger partial charge in [-0.05, 0) is 37.8 Å². The Morgan fingerprint density at radius 1 is 1.21 bits per heavy atom. The van der Waals surface area contributed by atoms with Gasteiger partial charge in [0.25, 0.3) is 5.91 Å². The molecule has 1 aliphatic carbocycles. The van der Waals surface area contributed by atoms with Crippen molar-refractivity contribution in [2.24, 2.45) is 11.8 Å². The van der Waals surface area contributed by atoms with E-state index >= 15 is 0 Å². The summed E-state index contributed by atoms with van der Waals surface area (Å²) in [7, 11) is 3.38. The van der Waals surface area contributed by atoms with Gasteiger partial charge in [0.15, 0.2) is 0 Å². The molecule has 0 unspecified atom stereocenters. The van der Waals surface area contributed by atoms with E-state index in [1.807, 2.05) is 11.8 Å². The van der Waals surface area contributed by atoms with Crippen LogP contribution >= 0.6 is 0 Å². The monoisotopic (exact) mass is 459 g/mol. The van der Waals surface area contributed by atoms with Crippen LogP contribution in [0.5, 0.6) is 5.75 Å². The molecule has 2 aliphatic rings. The largest absolute Gasteiger partial charge is 0.491 e. The number of likely N-dealkylation sites (N-methyl/N-ethyl adjacent to an activating group) is 1. The molecule has 1 aromatic carbocycles. The van der Waals surface area contributed by atoms with Crippen LogP contribution < -0.4 is 10.1 Å². The number of hydrogen-bond acceptors (Lipinski definition) is 5. The summed E-state index contributed by atoms with van der Waals surface area (Å²) in [6.07, 6.45) is 2.94. The topological polar surface area (TPSA) is 88.2 Å². The number of hydrogen-bond donors (Lipinski definition) is 1. The molecule has 8 nitrogen and oxygen atoms in total. The van der Waals surface area contributed by atoms with Crippen LogP contribution in [-0.4, -0.2) is 73.5 Å². The van der Waals surface area contributed by atoms with Crippen molar-refractivity contribution in [3.8, 4) is 5.75 Å². The van der Waals surface area contributed by atoms with Crippen LogP contribution in [0.15, 0.2) is 18.2 Å². The lowest BCUT2D eigenvalue weighted by Crippen LogP contribution is -2.48. The Bertz CT molecular complexity index is 870. The molecule has 0 radical (unpaired) electrons. The van der Waals surface area contributed by atoms with Crippen LogP contribution in [0, 0.1) is 11.8 Å². The highest BCUT2D eigenvalue weighted by molar-refractivity contribution is 5.98. The standard InChI is InChI=1S/C25H37N3O5/c1-6-23(29)26-19-9-10-20-21(12-19)33-15-17(3)28(24(30)11-18-7-8-18)13-16(2)22(32-5)14-27(4)25(20)31/h9-10,12,16-18,22H,6-8,11,13-15H2,1-5H3,(H,26,29)/t16-,17-,22+/m0/s1. The lowest BCUT2D eigenvalue weighted by molar-refractivity contribution is -0.135. The molecule has 1 aromatic rings. The first-order valence-electron chi connectivity index (χ1n) is 11.9. The van der Waals surface area contributed by atoms with Gasteiger partial charge >= 0.3 is 0 Å². The molecule has 1 N–H and O–H groups in total. The van der Waals surface area contributed by atoms with E-state index in [2.05, 4.69) is 12.2 Å². The number of nitrogens with zero attached hydrogens (tertiary/aromatic N) is 2. The van der Waals surface area contributed by atoms with Crippen LogP contribution in [0.2, 0.25) is 0 Å². The average Bonchev–Trinajstić information content (AvgIpc) is 3.61. The molecule has 182 valence electrons. The molecule has 1 aliphatic heterocycles. The van der Waals surface area contributed by atoms with Crippen LogP contribution in [0.1, 0.15) is 56.8 Å². The lowest BCUT2D eigenvalue weighted by Gasteiger charge is -2.36. The van der Waals surface area contributed by atoms with Crippen molar-refractivity contribution in [3.05, 3.63) is 23.8 Å². The van der Waals surface area contributed by atoms with Crippen LogP contribution in [-0.2, 0) is 14.3 Å². The van der Waals surface area contributed by atoms with Crippen molar-refractivity contribution < 1.29 is 23.9 Å². The molecule has 0 bridgehead atoms. The molecule has 0 saturated heterocycles. The van der Waals surface area contributed by atoms with E-state index < -0.39 is 0 Å².